The first-order valence-electron chi connectivity index (χ1n) is 7.11. The fourth-order valence-corrected chi connectivity index (χ4v) is 2.90. The number of aliphatic hydroxyl groups excluding tert-OH is 1. The minimum absolute atomic E-state index is 0.192. The lowest BCUT2D eigenvalue weighted by Gasteiger charge is -2.26. The number of halogens is 1. The summed E-state index contributed by atoms with van der Waals surface area (Å²) in [4.78, 5) is 4.65. The molecule has 1 aliphatic rings. The van der Waals surface area contributed by atoms with Gasteiger partial charge in [0, 0.05) is 42.5 Å². The molecule has 0 atom stereocenters. The van der Waals surface area contributed by atoms with Crippen LogP contribution in [-0.4, -0.2) is 42.8 Å². The summed E-state index contributed by atoms with van der Waals surface area (Å²) in [6.45, 7) is 6.98. The van der Waals surface area contributed by atoms with Crippen LogP contribution < -0.4 is 4.90 Å². The maximum absolute atomic E-state index is 9.11. The molecule has 0 saturated carbocycles. The van der Waals surface area contributed by atoms with Gasteiger partial charge in [-0.2, -0.15) is 0 Å². The summed E-state index contributed by atoms with van der Waals surface area (Å²) in [6.07, 6.45) is 2.53. The number of hydrogen-bond acceptors (Lipinski definition) is 3. The molecule has 1 aliphatic heterocycles. The molecule has 1 heterocycles. The van der Waals surface area contributed by atoms with Crippen LogP contribution in [0.25, 0.3) is 0 Å². The molecule has 0 bridgehead atoms. The van der Waals surface area contributed by atoms with Crippen molar-refractivity contribution in [3.63, 3.8) is 0 Å². The van der Waals surface area contributed by atoms with Gasteiger partial charge in [0.15, 0.2) is 0 Å². The Morgan fingerprint density at radius 2 is 2.05 bits per heavy atom. The van der Waals surface area contributed by atoms with E-state index in [9.17, 15) is 0 Å². The van der Waals surface area contributed by atoms with Gasteiger partial charge in [-0.25, -0.2) is 0 Å². The van der Waals surface area contributed by atoms with Crippen LogP contribution >= 0.6 is 11.6 Å². The van der Waals surface area contributed by atoms with E-state index in [0.717, 1.165) is 31.2 Å². The number of benzene rings is 1. The molecule has 1 aromatic rings. The van der Waals surface area contributed by atoms with Crippen LogP contribution in [0, 0.1) is 0 Å². The highest BCUT2D eigenvalue weighted by molar-refractivity contribution is 6.31. The summed E-state index contributed by atoms with van der Waals surface area (Å²) >= 11 is 6.39. The molecule has 19 heavy (non-hydrogen) atoms. The van der Waals surface area contributed by atoms with Crippen molar-refractivity contribution < 1.29 is 5.11 Å². The lowest BCUT2D eigenvalue weighted by molar-refractivity contribution is 0.197. The summed E-state index contributed by atoms with van der Waals surface area (Å²) < 4.78 is 0. The highest BCUT2D eigenvalue weighted by atomic mass is 35.5. The van der Waals surface area contributed by atoms with Crippen molar-refractivity contribution in [3.05, 3.63) is 28.8 Å². The van der Waals surface area contributed by atoms with Gasteiger partial charge < -0.3 is 10.0 Å². The molecule has 0 aliphatic carbocycles. The Balaban J connectivity index is 2.21. The van der Waals surface area contributed by atoms with Gasteiger partial charge in [-0.3, -0.25) is 4.90 Å². The van der Waals surface area contributed by atoms with E-state index in [1.165, 1.54) is 24.1 Å². The molecule has 0 radical (unpaired) electrons. The monoisotopic (exact) mass is 282 g/mol. The second kappa shape index (κ2) is 7.13. The van der Waals surface area contributed by atoms with Crippen LogP contribution in [-0.2, 0) is 6.54 Å². The standard InChI is InChI=1S/C15H23ClN2O/c1-2-17(10-11-19)12-13-14(16)6-5-7-15(13)18-8-3-4-9-18/h5-7,19H,2-4,8-12H2,1H3. The van der Waals surface area contributed by atoms with Crippen LogP contribution in [0.1, 0.15) is 25.3 Å². The van der Waals surface area contributed by atoms with E-state index < -0.39 is 0 Å². The minimum Gasteiger partial charge on any atom is -0.395 e. The fraction of sp³-hybridized carbons (Fsp3) is 0.600. The lowest BCUT2D eigenvalue weighted by atomic mass is 10.1. The number of rotatable bonds is 6. The predicted molar refractivity (Wildman–Crippen MR) is 80.9 cm³/mol. The average molecular weight is 283 g/mol. The number of anilines is 1. The molecular formula is C15H23ClN2O. The third kappa shape index (κ3) is 3.62. The highest BCUT2D eigenvalue weighted by Gasteiger charge is 2.18. The van der Waals surface area contributed by atoms with E-state index in [1.54, 1.807) is 0 Å². The molecule has 106 valence electrons. The largest absolute Gasteiger partial charge is 0.395 e. The molecule has 3 nitrogen and oxygen atoms in total. The smallest absolute Gasteiger partial charge is 0.0558 e. The molecule has 0 amide bonds. The summed E-state index contributed by atoms with van der Waals surface area (Å²) in [5.41, 5.74) is 2.46. The van der Waals surface area contributed by atoms with E-state index in [4.69, 9.17) is 16.7 Å². The van der Waals surface area contributed by atoms with Gasteiger partial charge in [0.25, 0.3) is 0 Å². The van der Waals surface area contributed by atoms with Crippen molar-refractivity contribution in [3.8, 4) is 0 Å². The van der Waals surface area contributed by atoms with Gasteiger partial charge in [0.1, 0.15) is 0 Å². The van der Waals surface area contributed by atoms with Crippen molar-refractivity contribution in [1.29, 1.82) is 0 Å². The van der Waals surface area contributed by atoms with E-state index in [-0.39, 0.29) is 6.61 Å². The Morgan fingerprint density at radius 1 is 1.32 bits per heavy atom. The van der Waals surface area contributed by atoms with Crippen molar-refractivity contribution in [2.24, 2.45) is 0 Å². The predicted octanol–water partition coefficient (Wildman–Crippen LogP) is 2.75. The molecule has 1 aromatic carbocycles. The molecular weight excluding hydrogens is 260 g/mol. The van der Waals surface area contributed by atoms with Gasteiger partial charge in [0.05, 0.1) is 6.61 Å². The summed E-state index contributed by atoms with van der Waals surface area (Å²) in [6, 6.07) is 6.16. The van der Waals surface area contributed by atoms with Crippen molar-refractivity contribution in [2.45, 2.75) is 26.3 Å². The molecule has 4 heteroatoms. The summed E-state index contributed by atoms with van der Waals surface area (Å²) in [7, 11) is 0. The summed E-state index contributed by atoms with van der Waals surface area (Å²) in [5, 5.41) is 9.94. The number of likely N-dealkylation sites (N-methyl/N-ethyl adjacent to an activating group) is 1. The zero-order valence-corrected chi connectivity index (χ0v) is 12.4. The minimum atomic E-state index is 0.192. The van der Waals surface area contributed by atoms with E-state index in [2.05, 4.69) is 22.8 Å². The quantitative estimate of drug-likeness (QED) is 0.869. The van der Waals surface area contributed by atoms with Gasteiger partial charge >= 0.3 is 0 Å². The normalized spacial score (nSPS) is 15.5. The van der Waals surface area contributed by atoms with Crippen LogP contribution in [0.2, 0.25) is 5.02 Å². The van der Waals surface area contributed by atoms with Gasteiger partial charge in [-0.15, -0.1) is 0 Å². The molecule has 0 aromatic heterocycles. The summed E-state index contributed by atoms with van der Waals surface area (Å²) in [5.74, 6) is 0. The van der Waals surface area contributed by atoms with Gasteiger partial charge in [0.2, 0.25) is 0 Å². The first-order valence-corrected chi connectivity index (χ1v) is 7.49. The molecule has 1 fully saturated rings. The van der Waals surface area contributed by atoms with Crippen molar-refractivity contribution in [1.82, 2.24) is 4.90 Å². The zero-order valence-electron chi connectivity index (χ0n) is 11.6. The maximum atomic E-state index is 9.11. The van der Waals surface area contributed by atoms with Crippen molar-refractivity contribution in [2.75, 3.05) is 37.7 Å². The SMILES string of the molecule is CCN(CCO)Cc1c(Cl)cccc1N1CCCC1. The first-order chi connectivity index (χ1) is 9.26. The third-order valence-corrected chi connectivity index (χ3v) is 4.14. The number of aliphatic hydroxyl groups is 1. The van der Waals surface area contributed by atoms with Crippen LogP contribution in [0.5, 0.6) is 0 Å². The Kier molecular flexibility index (Phi) is 5.49. The molecule has 1 N–H and O–H groups in total. The Hall–Kier alpha value is -0.770. The molecule has 0 unspecified atom stereocenters. The highest BCUT2D eigenvalue weighted by Crippen LogP contribution is 2.31. The molecule has 2 rings (SSSR count). The third-order valence-electron chi connectivity index (χ3n) is 3.79. The Morgan fingerprint density at radius 3 is 2.68 bits per heavy atom. The van der Waals surface area contributed by atoms with Crippen LogP contribution in [0.4, 0.5) is 5.69 Å². The number of hydrogen-bond donors (Lipinski definition) is 1. The molecule has 0 spiro atoms. The zero-order chi connectivity index (χ0) is 13.7. The van der Waals surface area contributed by atoms with E-state index >= 15 is 0 Å². The second-order valence-corrected chi connectivity index (χ2v) is 5.43. The van der Waals surface area contributed by atoms with Gasteiger partial charge in [-0.1, -0.05) is 24.6 Å². The van der Waals surface area contributed by atoms with Crippen molar-refractivity contribution >= 4 is 17.3 Å². The van der Waals surface area contributed by atoms with Crippen LogP contribution in [0.15, 0.2) is 18.2 Å². The van der Waals surface area contributed by atoms with Crippen LogP contribution in [0.3, 0.4) is 0 Å². The first kappa shape index (κ1) is 14.6. The maximum Gasteiger partial charge on any atom is 0.0558 e. The second-order valence-electron chi connectivity index (χ2n) is 5.02. The van der Waals surface area contributed by atoms with Gasteiger partial charge in [-0.05, 0) is 31.5 Å². The Labute approximate surface area is 120 Å². The Bertz CT molecular complexity index is 405. The lowest BCUT2D eigenvalue weighted by Crippen LogP contribution is -2.28. The number of nitrogens with zero attached hydrogens (tertiary/aromatic N) is 2. The van der Waals surface area contributed by atoms with E-state index in [1.807, 2.05) is 12.1 Å². The van der Waals surface area contributed by atoms with E-state index in [0.29, 0.717) is 6.54 Å². The fourth-order valence-electron chi connectivity index (χ4n) is 2.67. The molecule has 1 saturated heterocycles. The average Bonchev–Trinajstić information content (AvgIpc) is 2.94. The topological polar surface area (TPSA) is 26.7 Å².